The van der Waals surface area contributed by atoms with E-state index in [-0.39, 0.29) is 0 Å². The fourth-order valence-corrected chi connectivity index (χ4v) is 3.43. The van der Waals surface area contributed by atoms with Crippen LogP contribution in [0, 0.1) is 13.8 Å². The summed E-state index contributed by atoms with van der Waals surface area (Å²) < 4.78 is 0. The van der Waals surface area contributed by atoms with Crippen LogP contribution in [0.4, 0.5) is 0 Å². The second-order valence-electron chi connectivity index (χ2n) is 4.29. The summed E-state index contributed by atoms with van der Waals surface area (Å²) in [5.74, 6) is 0.516. The number of hydrogen-bond acceptors (Lipinski definition) is 2. The van der Waals surface area contributed by atoms with Crippen LogP contribution >= 0.6 is 27.3 Å². The molecule has 1 aromatic carbocycles. The molecule has 1 unspecified atom stereocenters. The summed E-state index contributed by atoms with van der Waals surface area (Å²) in [6, 6.07) is 8.61. The SMILES string of the molecule is Cc1csc(CC(CBr)c2ccccc2C)n1. The Labute approximate surface area is 115 Å². The van der Waals surface area contributed by atoms with Crippen LogP contribution < -0.4 is 0 Å². The lowest BCUT2D eigenvalue weighted by atomic mass is 9.94. The highest BCUT2D eigenvalue weighted by Crippen LogP contribution is 2.26. The largest absolute Gasteiger partial charge is 0.247 e. The minimum atomic E-state index is 0.516. The van der Waals surface area contributed by atoms with Gasteiger partial charge in [0.15, 0.2) is 0 Å². The van der Waals surface area contributed by atoms with E-state index in [1.165, 1.54) is 16.1 Å². The van der Waals surface area contributed by atoms with E-state index in [9.17, 15) is 0 Å². The van der Waals surface area contributed by atoms with Crippen LogP contribution in [0.5, 0.6) is 0 Å². The predicted octanol–water partition coefficient (Wildman–Crippen LogP) is 4.48. The van der Waals surface area contributed by atoms with E-state index in [4.69, 9.17) is 0 Å². The van der Waals surface area contributed by atoms with Crippen molar-refractivity contribution in [2.24, 2.45) is 0 Å². The fraction of sp³-hybridized carbons (Fsp3) is 0.357. The van der Waals surface area contributed by atoms with E-state index in [0.29, 0.717) is 5.92 Å². The van der Waals surface area contributed by atoms with E-state index >= 15 is 0 Å². The normalized spacial score (nSPS) is 12.6. The van der Waals surface area contributed by atoms with Crippen molar-refractivity contribution in [3.8, 4) is 0 Å². The standard InChI is InChI=1S/C14H16BrNS/c1-10-5-3-4-6-13(10)12(8-15)7-14-16-11(2)9-17-14/h3-6,9,12H,7-8H2,1-2H3. The van der Waals surface area contributed by atoms with Gasteiger partial charge < -0.3 is 0 Å². The maximum Gasteiger partial charge on any atom is 0.0934 e. The molecule has 0 aliphatic carbocycles. The molecule has 0 saturated heterocycles. The lowest BCUT2D eigenvalue weighted by Crippen LogP contribution is -2.06. The minimum absolute atomic E-state index is 0.516. The Balaban J connectivity index is 2.20. The Hall–Kier alpha value is -0.670. The molecular weight excluding hydrogens is 294 g/mol. The molecule has 0 aliphatic rings. The van der Waals surface area contributed by atoms with Crippen LogP contribution in [0.25, 0.3) is 0 Å². The average Bonchev–Trinajstić information content (AvgIpc) is 2.73. The van der Waals surface area contributed by atoms with E-state index < -0.39 is 0 Å². The molecule has 1 heterocycles. The van der Waals surface area contributed by atoms with Crippen molar-refractivity contribution in [1.29, 1.82) is 0 Å². The first-order valence-electron chi connectivity index (χ1n) is 5.73. The van der Waals surface area contributed by atoms with Crippen molar-refractivity contribution in [2.45, 2.75) is 26.2 Å². The molecule has 90 valence electrons. The summed E-state index contributed by atoms with van der Waals surface area (Å²) >= 11 is 5.39. The molecule has 0 spiro atoms. The van der Waals surface area contributed by atoms with Gasteiger partial charge >= 0.3 is 0 Å². The molecule has 1 atom stereocenters. The molecule has 3 heteroatoms. The van der Waals surface area contributed by atoms with Crippen LogP contribution in [0.2, 0.25) is 0 Å². The molecule has 0 bridgehead atoms. The third kappa shape index (κ3) is 3.17. The van der Waals surface area contributed by atoms with Crippen LogP contribution in [-0.2, 0) is 6.42 Å². The first-order valence-corrected chi connectivity index (χ1v) is 7.73. The predicted molar refractivity (Wildman–Crippen MR) is 78.3 cm³/mol. The lowest BCUT2D eigenvalue weighted by Gasteiger charge is -2.15. The molecule has 0 fully saturated rings. The van der Waals surface area contributed by atoms with Gasteiger partial charge in [-0.15, -0.1) is 11.3 Å². The number of nitrogens with zero attached hydrogens (tertiary/aromatic N) is 1. The zero-order valence-corrected chi connectivity index (χ0v) is 12.5. The number of hydrogen-bond donors (Lipinski definition) is 0. The molecule has 0 aliphatic heterocycles. The van der Waals surface area contributed by atoms with Gasteiger partial charge in [0.25, 0.3) is 0 Å². The molecule has 2 rings (SSSR count). The highest BCUT2D eigenvalue weighted by Gasteiger charge is 2.14. The fourth-order valence-electron chi connectivity index (χ4n) is 2.00. The zero-order valence-electron chi connectivity index (χ0n) is 10.1. The Kier molecular flexibility index (Phi) is 4.35. The first kappa shape index (κ1) is 12.8. The summed E-state index contributed by atoms with van der Waals surface area (Å²) in [6.07, 6.45) is 1.02. The summed E-state index contributed by atoms with van der Waals surface area (Å²) in [7, 11) is 0. The van der Waals surface area contributed by atoms with Crippen molar-refractivity contribution < 1.29 is 0 Å². The molecule has 0 amide bonds. The van der Waals surface area contributed by atoms with Gasteiger partial charge in [0.1, 0.15) is 0 Å². The Morgan fingerprint density at radius 3 is 2.65 bits per heavy atom. The van der Waals surface area contributed by atoms with Crippen molar-refractivity contribution in [1.82, 2.24) is 4.98 Å². The first-order chi connectivity index (χ1) is 8.20. The van der Waals surface area contributed by atoms with E-state index in [0.717, 1.165) is 17.4 Å². The van der Waals surface area contributed by atoms with E-state index in [2.05, 4.69) is 64.4 Å². The van der Waals surface area contributed by atoms with Crippen molar-refractivity contribution in [2.75, 3.05) is 5.33 Å². The summed E-state index contributed by atoms with van der Waals surface area (Å²) in [6.45, 7) is 4.23. The summed E-state index contributed by atoms with van der Waals surface area (Å²) in [4.78, 5) is 4.55. The lowest BCUT2D eigenvalue weighted by molar-refractivity contribution is 0.762. The van der Waals surface area contributed by atoms with Gasteiger partial charge in [-0.2, -0.15) is 0 Å². The smallest absolute Gasteiger partial charge is 0.0934 e. The second-order valence-corrected chi connectivity index (χ2v) is 5.88. The molecule has 1 nitrogen and oxygen atoms in total. The number of aromatic nitrogens is 1. The molecule has 0 saturated carbocycles. The number of halogens is 1. The van der Waals surface area contributed by atoms with Crippen LogP contribution in [0.15, 0.2) is 29.6 Å². The quantitative estimate of drug-likeness (QED) is 0.759. The number of thiazole rings is 1. The average molecular weight is 310 g/mol. The highest BCUT2D eigenvalue weighted by molar-refractivity contribution is 9.09. The molecular formula is C14H16BrNS. The monoisotopic (exact) mass is 309 g/mol. The van der Waals surface area contributed by atoms with Crippen LogP contribution in [0.3, 0.4) is 0 Å². The second kappa shape index (κ2) is 5.78. The van der Waals surface area contributed by atoms with Crippen molar-refractivity contribution in [3.05, 3.63) is 51.5 Å². The maximum atomic E-state index is 4.55. The Bertz CT molecular complexity index is 492. The number of rotatable bonds is 4. The number of benzene rings is 1. The minimum Gasteiger partial charge on any atom is -0.247 e. The van der Waals surface area contributed by atoms with Gasteiger partial charge in [-0.05, 0) is 25.0 Å². The van der Waals surface area contributed by atoms with Crippen LogP contribution in [0.1, 0.15) is 27.7 Å². The van der Waals surface area contributed by atoms with Gasteiger partial charge in [-0.1, -0.05) is 40.2 Å². The number of alkyl halides is 1. The van der Waals surface area contributed by atoms with Crippen LogP contribution in [-0.4, -0.2) is 10.3 Å². The molecule has 0 N–H and O–H groups in total. The third-order valence-corrected chi connectivity index (χ3v) is 4.67. The maximum absolute atomic E-state index is 4.55. The van der Waals surface area contributed by atoms with Crippen molar-refractivity contribution >= 4 is 27.3 Å². The van der Waals surface area contributed by atoms with Gasteiger partial charge in [-0.25, -0.2) is 4.98 Å². The van der Waals surface area contributed by atoms with E-state index in [1.54, 1.807) is 11.3 Å². The van der Waals surface area contributed by atoms with Crippen molar-refractivity contribution in [3.63, 3.8) is 0 Å². The molecule has 1 aromatic heterocycles. The van der Waals surface area contributed by atoms with Gasteiger partial charge in [-0.3, -0.25) is 0 Å². The number of aryl methyl sites for hydroxylation is 2. The topological polar surface area (TPSA) is 12.9 Å². The zero-order chi connectivity index (χ0) is 12.3. The molecule has 0 radical (unpaired) electrons. The third-order valence-electron chi connectivity index (χ3n) is 2.90. The Morgan fingerprint density at radius 1 is 1.29 bits per heavy atom. The molecule has 2 aromatic rings. The van der Waals surface area contributed by atoms with E-state index in [1.807, 2.05) is 0 Å². The molecule has 17 heavy (non-hydrogen) atoms. The Morgan fingerprint density at radius 2 is 2.06 bits per heavy atom. The van der Waals surface area contributed by atoms with Gasteiger partial charge in [0, 0.05) is 28.7 Å². The highest BCUT2D eigenvalue weighted by atomic mass is 79.9. The summed E-state index contributed by atoms with van der Waals surface area (Å²) in [5.41, 5.74) is 3.92. The summed E-state index contributed by atoms with van der Waals surface area (Å²) in [5, 5.41) is 4.34. The van der Waals surface area contributed by atoms with Gasteiger partial charge in [0.2, 0.25) is 0 Å². The van der Waals surface area contributed by atoms with Gasteiger partial charge in [0.05, 0.1) is 5.01 Å².